The van der Waals surface area contributed by atoms with Gasteiger partial charge in [-0.1, -0.05) is 5.16 Å². The number of amides is 1. The van der Waals surface area contributed by atoms with Gasteiger partial charge in [-0.15, -0.1) is 11.6 Å². The van der Waals surface area contributed by atoms with Crippen molar-refractivity contribution in [1.82, 2.24) is 15.5 Å². The van der Waals surface area contributed by atoms with Crippen molar-refractivity contribution in [2.45, 2.75) is 27.2 Å². The molecule has 0 aliphatic rings. The predicted molar refractivity (Wildman–Crippen MR) is 60.2 cm³/mol. The Bertz CT molecular complexity index is 363. The van der Waals surface area contributed by atoms with Gasteiger partial charge < -0.3 is 9.84 Å². The summed E-state index contributed by atoms with van der Waals surface area (Å²) in [5.74, 6) is 1.35. The number of nitrogens with zero attached hydrogens (tertiary/aromatic N) is 2. The second-order valence-electron chi connectivity index (χ2n) is 4.26. The first kappa shape index (κ1) is 13.0. The number of nitrogens with one attached hydrogen (secondary N) is 1. The predicted octanol–water partition coefficient (Wildman–Crippen LogP) is 1.30. The molecule has 1 rings (SSSR count). The van der Waals surface area contributed by atoms with Crippen LogP contribution >= 0.6 is 11.6 Å². The highest BCUT2D eigenvalue weighted by atomic mass is 35.5. The Labute approximate surface area is 99.6 Å². The average molecular weight is 246 g/mol. The molecule has 5 nitrogen and oxygen atoms in total. The van der Waals surface area contributed by atoms with Crippen LogP contribution < -0.4 is 5.32 Å². The van der Waals surface area contributed by atoms with Gasteiger partial charge in [0.05, 0.1) is 5.41 Å². The third-order valence-electron chi connectivity index (χ3n) is 2.14. The fourth-order valence-electron chi connectivity index (χ4n) is 1.02. The zero-order valence-corrected chi connectivity index (χ0v) is 10.5. The van der Waals surface area contributed by atoms with E-state index in [9.17, 15) is 4.79 Å². The van der Waals surface area contributed by atoms with E-state index in [2.05, 4.69) is 15.5 Å². The molecule has 16 heavy (non-hydrogen) atoms. The lowest BCUT2D eigenvalue weighted by molar-refractivity contribution is -0.128. The van der Waals surface area contributed by atoms with Crippen LogP contribution in [0.25, 0.3) is 0 Å². The number of alkyl halides is 1. The lowest BCUT2D eigenvalue weighted by Crippen LogP contribution is -2.39. The first-order valence-electron chi connectivity index (χ1n) is 5.09. The van der Waals surface area contributed by atoms with Crippen molar-refractivity contribution in [3.8, 4) is 0 Å². The molecule has 1 aromatic rings. The van der Waals surface area contributed by atoms with E-state index >= 15 is 0 Å². The molecule has 0 saturated carbocycles. The molecule has 1 heterocycles. The van der Waals surface area contributed by atoms with E-state index < -0.39 is 5.41 Å². The van der Waals surface area contributed by atoms with Crippen LogP contribution in [0.2, 0.25) is 0 Å². The standard InChI is InChI=1S/C10H16ClN3O2/c1-7-13-8(16-14-7)4-5-12-9(15)10(2,3)6-11/h4-6H2,1-3H3,(H,12,15). The van der Waals surface area contributed by atoms with Gasteiger partial charge >= 0.3 is 0 Å². The average Bonchev–Trinajstić information content (AvgIpc) is 2.64. The maximum Gasteiger partial charge on any atom is 0.228 e. The molecular formula is C10H16ClN3O2. The number of hydrogen-bond acceptors (Lipinski definition) is 4. The van der Waals surface area contributed by atoms with Crippen LogP contribution in [0.15, 0.2) is 4.52 Å². The fraction of sp³-hybridized carbons (Fsp3) is 0.700. The quantitative estimate of drug-likeness (QED) is 0.794. The second kappa shape index (κ2) is 5.30. The molecule has 0 bridgehead atoms. The minimum atomic E-state index is -0.549. The highest BCUT2D eigenvalue weighted by Crippen LogP contribution is 2.16. The van der Waals surface area contributed by atoms with Crippen molar-refractivity contribution in [2.24, 2.45) is 5.41 Å². The summed E-state index contributed by atoms with van der Waals surface area (Å²) in [7, 11) is 0. The van der Waals surface area contributed by atoms with Gasteiger partial charge in [-0.3, -0.25) is 4.79 Å². The van der Waals surface area contributed by atoms with Crippen molar-refractivity contribution in [2.75, 3.05) is 12.4 Å². The number of aryl methyl sites for hydroxylation is 1. The number of carbonyl (C=O) groups excluding carboxylic acids is 1. The minimum absolute atomic E-state index is 0.0706. The topological polar surface area (TPSA) is 68.0 Å². The summed E-state index contributed by atoms with van der Waals surface area (Å²) in [5.41, 5.74) is -0.549. The van der Waals surface area contributed by atoms with Gasteiger partial charge in [0.2, 0.25) is 11.8 Å². The molecule has 90 valence electrons. The van der Waals surface area contributed by atoms with E-state index in [4.69, 9.17) is 16.1 Å². The van der Waals surface area contributed by atoms with Crippen LogP contribution in [0.3, 0.4) is 0 Å². The van der Waals surface area contributed by atoms with E-state index in [0.717, 1.165) is 0 Å². The van der Waals surface area contributed by atoms with Crippen LogP contribution in [-0.4, -0.2) is 28.5 Å². The molecule has 1 aromatic heterocycles. The van der Waals surface area contributed by atoms with Crippen molar-refractivity contribution in [3.63, 3.8) is 0 Å². The Hall–Kier alpha value is -1.10. The first-order chi connectivity index (χ1) is 7.45. The lowest BCUT2D eigenvalue weighted by atomic mass is 9.95. The van der Waals surface area contributed by atoms with E-state index in [1.807, 2.05) is 0 Å². The van der Waals surface area contributed by atoms with Crippen molar-refractivity contribution >= 4 is 17.5 Å². The number of halogens is 1. The Morgan fingerprint density at radius 1 is 1.56 bits per heavy atom. The van der Waals surface area contributed by atoms with E-state index in [0.29, 0.717) is 30.6 Å². The summed E-state index contributed by atoms with van der Waals surface area (Å²) in [6.07, 6.45) is 0.533. The summed E-state index contributed by atoms with van der Waals surface area (Å²) >= 11 is 5.69. The maximum absolute atomic E-state index is 11.6. The maximum atomic E-state index is 11.6. The van der Waals surface area contributed by atoms with Gasteiger partial charge in [-0.25, -0.2) is 0 Å². The lowest BCUT2D eigenvalue weighted by Gasteiger charge is -2.19. The van der Waals surface area contributed by atoms with Gasteiger partial charge in [-0.05, 0) is 20.8 Å². The van der Waals surface area contributed by atoms with Crippen LogP contribution in [0, 0.1) is 12.3 Å². The van der Waals surface area contributed by atoms with Crippen LogP contribution in [0.4, 0.5) is 0 Å². The molecule has 1 amide bonds. The second-order valence-corrected chi connectivity index (χ2v) is 4.53. The van der Waals surface area contributed by atoms with Gasteiger partial charge in [0.25, 0.3) is 0 Å². The monoisotopic (exact) mass is 245 g/mol. The number of aromatic nitrogens is 2. The Kier molecular flexibility index (Phi) is 4.29. The van der Waals surface area contributed by atoms with Gasteiger partial charge in [-0.2, -0.15) is 4.98 Å². The van der Waals surface area contributed by atoms with Crippen LogP contribution in [-0.2, 0) is 11.2 Å². The molecule has 0 saturated heterocycles. The molecule has 0 spiro atoms. The zero-order valence-electron chi connectivity index (χ0n) is 9.71. The summed E-state index contributed by atoms with van der Waals surface area (Å²) in [5, 5.41) is 6.44. The van der Waals surface area contributed by atoms with Gasteiger partial charge in [0.1, 0.15) is 0 Å². The molecule has 0 aromatic carbocycles. The summed E-state index contributed by atoms with van der Waals surface area (Å²) < 4.78 is 4.92. The smallest absolute Gasteiger partial charge is 0.228 e. The van der Waals surface area contributed by atoms with E-state index in [1.165, 1.54) is 0 Å². The van der Waals surface area contributed by atoms with Crippen molar-refractivity contribution in [1.29, 1.82) is 0 Å². The largest absolute Gasteiger partial charge is 0.355 e. The van der Waals surface area contributed by atoms with Gasteiger partial charge in [0.15, 0.2) is 5.82 Å². The molecule has 0 aliphatic heterocycles. The Morgan fingerprint density at radius 3 is 2.75 bits per heavy atom. The molecule has 0 atom stereocenters. The summed E-state index contributed by atoms with van der Waals surface area (Å²) in [6, 6.07) is 0. The minimum Gasteiger partial charge on any atom is -0.355 e. The number of rotatable bonds is 5. The zero-order chi connectivity index (χ0) is 12.2. The van der Waals surface area contributed by atoms with Crippen LogP contribution in [0.5, 0.6) is 0 Å². The molecular weight excluding hydrogens is 230 g/mol. The van der Waals surface area contributed by atoms with E-state index in [-0.39, 0.29) is 5.91 Å². The van der Waals surface area contributed by atoms with E-state index in [1.54, 1.807) is 20.8 Å². The highest BCUT2D eigenvalue weighted by Gasteiger charge is 2.25. The molecule has 0 unspecified atom stereocenters. The third-order valence-corrected chi connectivity index (χ3v) is 2.81. The van der Waals surface area contributed by atoms with Gasteiger partial charge in [0, 0.05) is 18.8 Å². The van der Waals surface area contributed by atoms with Crippen LogP contribution in [0.1, 0.15) is 25.6 Å². The molecule has 1 N–H and O–H groups in total. The number of hydrogen-bond donors (Lipinski definition) is 1. The number of carbonyl (C=O) groups is 1. The molecule has 6 heteroatoms. The Balaban J connectivity index is 2.33. The fourth-order valence-corrected chi connectivity index (χ4v) is 1.15. The molecule has 0 fully saturated rings. The first-order valence-corrected chi connectivity index (χ1v) is 5.62. The summed E-state index contributed by atoms with van der Waals surface area (Å²) in [6.45, 7) is 5.82. The summed E-state index contributed by atoms with van der Waals surface area (Å²) in [4.78, 5) is 15.7. The Morgan fingerprint density at radius 2 is 2.25 bits per heavy atom. The molecule has 0 aliphatic carbocycles. The SMILES string of the molecule is Cc1noc(CCNC(=O)C(C)(C)CCl)n1. The molecule has 0 radical (unpaired) electrons. The van der Waals surface area contributed by atoms with Crippen molar-refractivity contribution in [3.05, 3.63) is 11.7 Å². The highest BCUT2D eigenvalue weighted by molar-refractivity contribution is 6.19. The normalized spacial score (nSPS) is 11.5. The third kappa shape index (κ3) is 3.48. The van der Waals surface area contributed by atoms with Crippen molar-refractivity contribution < 1.29 is 9.32 Å².